The summed E-state index contributed by atoms with van der Waals surface area (Å²) in [5, 5.41) is 3.17. The summed E-state index contributed by atoms with van der Waals surface area (Å²) in [6.45, 7) is 3.89. The number of rotatable bonds is 5. The molecule has 3 N–H and O–H groups in total. The van der Waals surface area contributed by atoms with E-state index in [1.807, 2.05) is 0 Å². The van der Waals surface area contributed by atoms with Crippen LogP contribution in [0.4, 0.5) is 9.18 Å². The molecule has 1 heterocycles. The minimum Gasteiger partial charge on any atom is -0.450 e. The molecular weight excluding hydrogens is 438 g/mol. The number of likely N-dealkylation sites (tertiary alicyclic amines) is 1. The average Bonchev–Trinajstić information content (AvgIpc) is 2.57. The number of amides is 1. The van der Waals surface area contributed by atoms with Gasteiger partial charge in [0.05, 0.1) is 6.61 Å². The van der Waals surface area contributed by atoms with Gasteiger partial charge in [0, 0.05) is 25.7 Å². The van der Waals surface area contributed by atoms with E-state index in [4.69, 9.17) is 10.5 Å². The highest BCUT2D eigenvalue weighted by atomic mass is 127. The molecule has 1 fully saturated rings. The number of benzene rings is 1. The first-order valence-corrected chi connectivity index (χ1v) is 8.31. The highest BCUT2D eigenvalue weighted by molar-refractivity contribution is 14.0. The van der Waals surface area contributed by atoms with E-state index in [0.29, 0.717) is 44.2 Å². The standard InChI is InChI=1S/C17H25FN4O2.HI/c1-2-24-17(23)22-11-8-14(9-12-22)21-16(19)20-10-7-13-5-3-4-6-15(13)18;/h3-6,14H,2,7-12H2,1H3,(H3,19,20,21);1H. The van der Waals surface area contributed by atoms with Crippen LogP contribution in [0, 0.1) is 5.82 Å². The van der Waals surface area contributed by atoms with Crippen molar-refractivity contribution in [2.75, 3.05) is 26.2 Å². The molecule has 0 unspecified atom stereocenters. The minimum absolute atomic E-state index is 0. The number of aliphatic imine (C=N–C) groups is 1. The third kappa shape index (κ3) is 7.05. The fourth-order valence-corrected chi connectivity index (χ4v) is 2.67. The molecule has 1 aliphatic heterocycles. The van der Waals surface area contributed by atoms with E-state index in [1.54, 1.807) is 30.0 Å². The minimum atomic E-state index is -0.262. The van der Waals surface area contributed by atoms with Crippen molar-refractivity contribution in [3.05, 3.63) is 35.6 Å². The molecule has 1 amide bonds. The van der Waals surface area contributed by atoms with Gasteiger partial charge >= 0.3 is 6.09 Å². The van der Waals surface area contributed by atoms with E-state index in [1.165, 1.54) is 6.07 Å². The van der Waals surface area contributed by atoms with Crippen molar-refractivity contribution in [2.45, 2.75) is 32.2 Å². The molecule has 0 aliphatic carbocycles. The van der Waals surface area contributed by atoms with Gasteiger partial charge in [0.25, 0.3) is 0 Å². The molecule has 1 aromatic carbocycles. The number of carbonyl (C=O) groups is 1. The Labute approximate surface area is 165 Å². The van der Waals surface area contributed by atoms with Gasteiger partial charge in [-0.05, 0) is 37.8 Å². The fourth-order valence-electron chi connectivity index (χ4n) is 2.67. The predicted octanol–water partition coefficient (Wildman–Crippen LogP) is 2.51. The molecule has 0 radical (unpaired) electrons. The number of guanidine groups is 1. The highest BCUT2D eigenvalue weighted by Crippen LogP contribution is 2.11. The monoisotopic (exact) mass is 464 g/mol. The zero-order valence-electron chi connectivity index (χ0n) is 14.4. The molecule has 0 saturated carbocycles. The lowest BCUT2D eigenvalue weighted by molar-refractivity contribution is 0.0963. The smallest absolute Gasteiger partial charge is 0.409 e. The first-order chi connectivity index (χ1) is 11.6. The second kappa shape index (κ2) is 11.1. The first-order valence-electron chi connectivity index (χ1n) is 8.31. The topological polar surface area (TPSA) is 80.0 Å². The lowest BCUT2D eigenvalue weighted by Crippen LogP contribution is -2.48. The summed E-state index contributed by atoms with van der Waals surface area (Å²) < 4.78 is 18.5. The maximum Gasteiger partial charge on any atom is 0.409 e. The molecule has 140 valence electrons. The molecule has 0 aromatic heterocycles. The molecule has 1 aliphatic rings. The van der Waals surface area contributed by atoms with Crippen molar-refractivity contribution in [3.8, 4) is 0 Å². The normalized spacial score (nSPS) is 15.4. The zero-order valence-corrected chi connectivity index (χ0v) is 16.7. The summed E-state index contributed by atoms with van der Waals surface area (Å²) in [6, 6.07) is 6.85. The lowest BCUT2D eigenvalue weighted by atomic mass is 10.1. The molecule has 25 heavy (non-hydrogen) atoms. The van der Waals surface area contributed by atoms with Crippen LogP contribution in [-0.4, -0.2) is 49.2 Å². The van der Waals surface area contributed by atoms with Gasteiger partial charge in [-0.15, -0.1) is 24.0 Å². The van der Waals surface area contributed by atoms with Crippen LogP contribution >= 0.6 is 24.0 Å². The van der Waals surface area contributed by atoms with Crippen molar-refractivity contribution in [1.82, 2.24) is 10.2 Å². The Balaban J connectivity index is 0.00000312. The van der Waals surface area contributed by atoms with Crippen molar-refractivity contribution in [3.63, 3.8) is 0 Å². The molecule has 8 heteroatoms. The molecule has 1 aromatic rings. The molecular formula is C17H26FIN4O2. The van der Waals surface area contributed by atoms with Gasteiger partial charge in [0.2, 0.25) is 0 Å². The van der Waals surface area contributed by atoms with Crippen LogP contribution < -0.4 is 11.1 Å². The molecule has 0 bridgehead atoms. The Bertz CT molecular complexity index is 578. The van der Waals surface area contributed by atoms with Crippen LogP contribution in [0.3, 0.4) is 0 Å². The summed E-state index contributed by atoms with van der Waals surface area (Å²) in [5.74, 6) is 0.145. The largest absolute Gasteiger partial charge is 0.450 e. The number of hydrogen-bond donors (Lipinski definition) is 2. The van der Waals surface area contributed by atoms with Crippen molar-refractivity contribution < 1.29 is 13.9 Å². The first kappa shape index (κ1) is 21.5. The van der Waals surface area contributed by atoms with E-state index in [2.05, 4.69) is 10.3 Å². The maximum absolute atomic E-state index is 13.5. The second-order valence-electron chi connectivity index (χ2n) is 5.71. The average molecular weight is 464 g/mol. The number of nitrogens with zero attached hydrogens (tertiary/aromatic N) is 2. The van der Waals surface area contributed by atoms with Crippen LogP contribution in [0.15, 0.2) is 29.3 Å². The number of hydrogen-bond acceptors (Lipinski definition) is 3. The summed E-state index contributed by atoms with van der Waals surface area (Å²) >= 11 is 0. The highest BCUT2D eigenvalue weighted by Gasteiger charge is 2.23. The Hall–Kier alpha value is -1.58. The number of halogens is 2. The quantitative estimate of drug-likeness (QED) is 0.399. The third-order valence-corrected chi connectivity index (χ3v) is 3.99. The number of nitrogens with one attached hydrogen (secondary N) is 1. The number of ether oxygens (including phenoxy) is 1. The zero-order chi connectivity index (χ0) is 17.4. The summed E-state index contributed by atoms with van der Waals surface area (Å²) in [5.41, 5.74) is 6.52. The SMILES string of the molecule is CCOC(=O)N1CCC(NC(N)=NCCc2ccccc2F)CC1.I. The maximum atomic E-state index is 13.5. The summed E-state index contributed by atoms with van der Waals surface area (Å²) in [4.78, 5) is 17.6. The summed E-state index contributed by atoms with van der Waals surface area (Å²) in [7, 11) is 0. The van der Waals surface area contributed by atoms with Gasteiger partial charge in [-0.2, -0.15) is 0 Å². The van der Waals surface area contributed by atoms with Gasteiger partial charge in [-0.1, -0.05) is 18.2 Å². The van der Waals surface area contributed by atoms with Gasteiger partial charge in [0.15, 0.2) is 5.96 Å². The van der Waals surface area contributed by atoms with Crippen LogP contribution in [-0.2, 0) is 11.2 Å². The number of carbonyl (C=O) groups excluding carboxylic acids is 1. The third-order valence-electron chi connectivity index (χ3n) is 3.99. The van der Waals surface area contributed by atoms with E-state index < -0.39 is 0 Å². The summed E-state index contributed by atoms with van der Waals surface area (Å²) in [6.07, 6.45) is 1.84. The van der Waals surface area contributed by atoms with E-state index in [9.17, 15) is 9.18 Å². The van der Waals surface area contributed by atoms with Gasteiger partial charge < -0.3 is 20.7 Å². The Morgan fingerprint density at radius 3 is 2.72 bits per heavy atom. The Kier molecular flexibility index (Phi) is 9.54. The van der Waals surface area contributed by atoms with Crippen molar-refractivity contribution in [1.29, 1.82) is 0 Å². The van der Waals surface area contributed by atoms with Crippen molar-refractivity contribution in [2.24, 2.45) is 10.7 Å². The lowest BCUT2D eigenvalue weighted by Gasteiger charge is -2.31. The second-order valence-corrected chi connectivity index (χ2v) is 5.71. The Morgan fingerprint density at radius 1 is 1.40 bits per heavy atom. The van der Waals surface area contributed by atoms with Crippen LogP contribution in [0.1, 0.15) is 25.3 Å². The van der Waals surface area contributed by atoms with E-state index in [0.717, 1.165) is 12.8 Å². The molecule has 1 saturated heterocycles. The van der Waals surface area contributed by atoms with Crippen LogP contribution in [0.2, 0.25) is 0 Å². The van der Waals surface area contributed by atoms with Gasteiger partial charge in [-0.25, -0.2) is 9.18 Å². The number of nitrogens with two attached hydrogens (primary N) is 1. The molecule has 2 rings (SSSR count). The van der Waals surface area contributed by atoms with Gasteiger partial charge in [-0.3, -0.25) is 4.99 Å². The molecule has 6 nitrogen and oxygen atoms in total. The van der Waals surface area contributed by atoms with Crippen LogP contribution in [0.5, 0.6) is 0 Å². The Morgan fingerprint density at radius 2 is 2.08 bits per heavy atom. The molecule has 0 spiro atoms. The fraction of sp³-hybridized carbons (Fsp3) is 0.529. The van der Waals surface area contributed by atoms with Crippen molar-refractivity contribution >= 4 is 36.0 Å². The predicted molar refractivity (Wildman–Crippen MR) is 107 cm³/mol. The van der Waals surface area contributed by atoms with E-state index >= 15 is 0 Å². The molecule has 0 atom stereocenters. The van der Waals surface area contributed by atoms with Crippen LogP contribution in [0.25, 0.3) is 0 Å². The van der Waals surface area contributed by atoms with Gasteiger partial charge in [0.1, 0.15) is 5.82 Å². The van der Waals surface area contributed by atoms with E-state index in [-0.39, 0.29) is 41.9 Å². The number of piperidine rings is 1.